The highest BCUT2D eigenvalue weighted by Crippen LogP contribution is 2.52. The summed E-state index contributed by atoms with van der Waals surface area (Å²) >= 11 is 0. The maximum absolute atomic E-state index is 12.5. The average Bonchev–Trinajstić information content (AvgIpc) is 3.79. The summed E-state index contributed by atoms with van der Waals surface area (Å²) in [6.07, 6.45) is 3.63. The predicted octanol–water partition coefficient (Wildman–Crippen LogP) is 5.31. The van der Waals surface area contributed by atoms with E-state index in [0.717, 1.165) is 25.7 Å². The standard InChI is InChI=1S/C40H43N3O11/c44-26-8-11-31-35(22-26)54-36-23-27(45)9-12-32(36)37(31)30-10-7-25(21-33(30)38(46)47)43-39(48)41-13-15-50-17-19-52-20-18-51-16-14-42-40(49)53-24-34-28-5-3-1-2-4-6-29(28)34/h7-12,21-23,28-29,34,44H,3-6,13-20,24H2,(H,42,49)(H,46,47)(H2,41,43,48)/t28-,29+,34?. The van der Waals surface area contributed by atoms with Crippen LogP contribution in [-0.4, -0.2) is 87.6 Å². The number of aromatic hydroxyl groups is 1. The molecule has 0 radical (unpaired) electrons. The van der Waals surface area contributed by atoms with Crippen molar-refractivity contribution in [3.05, 3.63) is 70.4 Å². The van der Waals surface area contributed by atoms with E-state index in [0.29, 0.717) is 86.0 Å². The molecule has 0 bridgehead atoms. The lowest BCUT2D eigenvalue weighted by atomic mass is 9.90. The number of rotatable bonds is 17. The van der Waals surface area contributed by atoms with Gasteiger partial charge in [0, 0.05) is 60.3 Å². The molecule has 54 heavy (non-hydrogen) atoms. The SMILES string of the molecule is O=C(NCCOCCOCCOCCNC(=O)OCC1[C@H]2CCC#CCC[C@@H]12)Nc1ccc(-c2c3ccc(=O)cc-3oc3cc(O)ccc23)c(C(=O)O)c1. The van der Waals surface area contributed by atoms with Crippen molar-refractivity contribution in [2.45, 2.75) is 25.7 Å². The van der Waals surface area contributed by atoms with E-state index in [1.54, 1.807) is 24.3 Å². The lowest BCUT2D eigenvalue weighted by Gasteiger charge is -2.17. The molecular weight excluding hydrogens is 698 g/mol. The molecule has 14 heteroatoms. The monoisotopic (exact) mass is 741 g/mol. The Hall–Kier alpha value is -5.62. The van der Waals surface area contributed by atoms with Gasteiger partial charge in [-0.05, 0) is 72.6 Å². The predicted molar refractivity (Wildman–Crippen MR) is 199 cm³/mol. The Labute approximate surface area is 311 Å². The molecule has 0 saturated heterocycles. The quantitative estimate of drug-likeness (QED) is 0.0535. The Kier molecular flexibility index (Phi) is 13.0. The third kappa shape index (κ3) is 10.1. The van der Waals surface area contributed by atoms with Gasteiger partial charge < -0.3 is 49.5 Å². The molecule has 2 aromatic rings. The molecule has 1 saturated carbocycles. The van der Waals surface area contributed by atoms with Gasteiger partial charge in [-0.3, -0.25) is 4.79 Å². The number of anilines is 1. The van der Waals surface area contributed by atoms with Crippen LogP contribution in [0, 0.1) is 29.6 Å². The van der Waals surface area contributed by atoms with Gasteiger partial charge in [0.05, 0.1) is 51.8 Å². The van der Waals surface area contributed by atoms with Gasteiger partial charge >= 0.3 is 18.1 Å². The molecule has 4 aliphatic rings. The van der Waals surface area contributed by atoms with Crippen molar-refractivity contribution in [3.63, 3.8) is 0 Å². The zero-order valence-corrected chi connectivity index (χ0v) is 29.7. The van der Waals surface area contributed by atoms with Crippen LogP contribution in [-0.2, 0) is 18.9 Å². The van der Waals surface area contributed by atoms with E-state index in [9.17, 15) is 29.4 Å². The van der Waals surface area contributed by atoms with Crippen LogP contribution in [0.2, 0.25) is 0 Å². The average molecular weight is 742 g/mol. The van der Waals surface area contributed by atoms with Gasteiger partial charge in [-0.2, -0.15) is 0 Å². The number of ether oxygens (including phenoxy) is 4. The summed E-state index contributed by atoms with van der Waals surface area (Å²) in [6.45, 7) is 2.92. The molecule has 3 atom stereocenters. The summed E-state index contributed by atoms with van der Waals surface area (Å²) in [4.78, 5) is 49.0. The van der Waals surface area contributed by atoms with Crippen LogP contribution in [0.1, 0.15) is 36.0 Å². The molecule has 3 aliphatic carbocycles. The summed E-state index contributed by atoms with van der Waals surface area (Å²) in [5.74, 6) is 7.05. The number of phenols is 1. The minimum atomic E-state index is -1.23. The summed E-state index contributed by atoms with van der Waals surface area (Å²) in [7, 11) is 0. The molecule has 284 valence electrons. The number of carboxylic acids is 1. The molecule has 6 rings (SSSR count). The summed E-state index contributed by atoms with van der Waals surface area (Å²) in [5, 5.41) is 28.7. The number of benzene rings is 3. The van der Waals surface area contributed by atoms with Crippen molar-refractivity contribution in [3.8, 4) is 40.0 Å². The highest BCUT2D eigenvalue weighted by molar-refractivity contribution is 6.08. The van der Waals surface area contributed by atoms with Crippen molar-refractivity contribution >= 4 is 34.8 Å². The number of hydrogen-bond acceptors (Lipinski definition) is 10. The third-order valence-corrected chi connectivity index (χ3v) is 9.49. The first-order valence-electron chi connectivity index (χ1n) is 18.0. The van der Waals surface area contributed by atoms with Crippen molar-refractivity contribution < 1.29 is 48.0 Å². The van der Waals surface area contributed by atoms with Crippen molar-refractivity contribution in [2.75, 3.05) is 64.7 Å². The van der Waals surface area contributed by atoms with Crippen LogP contribution >= 0.6 is 0 Å². The van der Waals surface area contributed by atoms with Gasteiger partial charge in [-0.25, -0.2) is 14.4 Å². The molecule has 1 heterocycles. The molecule has 1 fully saturated rings. The van der Waals surface area contributed by atoms with Gasteiger partial charge in [0.1, 0.15) is 17.1 Å². The van der Waals surface area contributed by atoms with Gasteiger partial charge in [-0.15, -0.1) is 11.8 Å². The largest absolute Gasteiger partial charge is 0.508 e. The minimum absolute atomic E-state index is 0.0521. The fourth-order valence-corrected chi connectivity index (χ4v) is 6.85. The lowest BCUT2D eigenvalue weighted by Crippen LogP contribution is -2.31. The third-order valence-electron chi connectivity index (χ3n) is 9.49. The summed E-state index contributed by atoms with van der Waals surface area (Å²) in [5.41, 5.74) is 1.50. The molecule has 2 aromatic carbocycles. The van der Waals surface area contributed by atoms with Crippen LogP contribution in [0.15, 0.2) is 63.8 Å². The minimum Gasteiger partial charge on any atom is -0.508 e. The maximum Gasteiger partial charge on any atom is 0.407 e. The van der Waals surface area contributed by atoms with Gasteiger partial charge in [0.25, 0.3) is 0 Å². The first kappa shape index (κ1) is 38.1. The van der Waals surface area contributed by atoms with Gasteiger partial charge in [0.15, 0.2) is 5.43 Å². The van der Waals surface area contributed by atoms with E-state index in [4.69, 9.17) is 23.4 Å². The number of carbonyl (C=O) groups excluding carboxylic acids is 2. The number of carboxylic acid groups (broad SMARTS) is 1. The van der Waals surface area contributed by atoms with Crippen LogP contribution in [0.3, 0.4) is 0 Å². The molecule has 14 nitrogen and oxygen atoms in total. The fourth-order valence-electron chi connectivity index (χ4n) is 6.85. The Morgan fingerprint density at radius 3 is 2.17 bits per heavy atom. The molecule has 0 spiro atoms. The summed E-state index contributed by atoms with van der Waals surface area (Å²) in [6, 6.07) is 12.7. The van der Waals surface area contributed by atoms with Crippen LogP contribution in [0.5, 0.6) is 5.75 Å². The lowest BCUT2D eigenvalue weighted by molar-refractivity contribution is 0.0159. The topological polar surface area (TPSA) is 195 Å². The van der Waals surface area contributed by atoms with Crippen LogP contribution in [0.25, 0.3) is 33.4 Å². The molecule has 1 aliphatic heterocycles. The van der Waals surface area contributed by atoms with E-state index in [-0.39, 0.29) is 46.9 Å². The first-order chi connectivity index (χ1) is 26.3. The van der Waals surface area contributed by atoms with E-state index in [2.05, 4.69) is 27.8 Å². The second-order valence-electron chi connectivity index (χ2n) is 13.0. The Morgan fingerprint density at radius 2 is 1.46 bits per heavy atom. The number of alkyl carbamates (subject to hydrolysis) is 1. The van der Waals surface area contributed by atoms with E-state index in [1.165, 1.54) is 30.3 Å². The Morgan fingerprint density at radius 1 is 0.796 bits per heavy atom. The molecule has 0 aromatic heterocycles. The van der Waals surface area contributed by atoms with Crippen molar-refractivity contribution in [1.82, 2.24) is 10.6 Å². The van der Waals surface area contributed by atoms with Crippen molar-refractivity contribution in [1.29, 1.82) is 0 Å². The zero-order valence-electron chi connectivity index (χ0n) is 29.7. The number of amides is 3. The van der Waals surface area contributed by atoms with Crippen molar-refractivity contribution in [2.24, 2.45) is 17.8 Å². The zero-order chi connectivity index (χ0) is 37.9. The number of phenolic OH excluding ortho intramolecular Hbond substituents is 1. The van der Waals surface area contributed by atoms with Gasteiger partial charge in [-0.1, -0.05) is 6.07 Å². The summed E-state index contributed by atoms with van der Waals surface area (Å²) < 4.78 is 27.7. The molecule has 3 amide bonds. The number of hydrogen-bond donors (Lipinski definition) is 5. The van der Waals surface area contributed by atoms with Crippen LogP contribution in [0.4, 0.5) is 15.3 Å². The normalized spacial score (nSPS) is 17.4. The number of carbonyl (C=O) groups is 3. The number of fused-ring (bicyclic) bond motifs is 3. The molecular formula is C40H43N3O11. The second-order valence-corrected chi connectivity index (χ2v) is 13.0. The highest BCUT2D eigenvalue weighted by Gasteiger charge is 2.49. The maximum atomic E-state index is 12.5. The smallest absolute Gasteiger partial charge is 0.407 e. The molecule has 1 unspecified atom stereocenters. The fraction of sp³-hybridized carbons (Fsp3) is 0.400. The van der Waals surface area contributed by atoms with E-state index >= 15 is 0 Å². The first-order valence-corrected chi connectivity index (χ1v) is 18.0. The molecule has 5 N–H and O–H groups in total. The highest BCUT2D eigenvalue weighted by atomic mass is 16.6. The van der Waals surface area contributed by atoms with Crippen LogP contribution < -0.4 is 21.4 Å². The van der Waals surface area contributed by atoms with E-state index in [1.807, 2.05) is 0 Å². The number of urea groups is 1. The number of aromatic carboxylic acids is 1. The Bertz CT molecular complexity index is 2030. The Balaban J connectivity index is 0.846. The van der Waals surface area contributed by atoms with Gasteiger partial charge in [0.2, 0.25) is 0 Å². The van der Waals surface area contributed by atoms with E-state index < -0.39 is 18.1 Å². The second kappa shape index (κ2) is 18.4. The number of nitrogens with one attached hydrogen (secondary N) is 3.